The predicted molar refractivity (Wildman–Crippen MR) is 95.2 cm³/mol. The van der Waals surface area contributed by atoms with E-state index < -0.39 is 0 Å². The molecule has 1 N–H and O–H groups in total. The van der Waals surface area contributed by atoms with E-state index in [0.717, 1.165) is 18.7 Å². The van der Waals surface area contributed by atoms with Crippen LogP contribution in [0.3, 0.4) is 0 Å². The Bertz CT molecular complexity index is 869. The first kappa shape index (κ1) is 14.3. The molecule has 2 nitrogen and oxygen atoms in total. The topological polar surface area (TPSA) is 21.3 Å². The standard InChI is InChI=1S/C21H21NO/c1-14-19(23-2)13-16-8-4-5-9-17(16)20(14)21-18-10-6-3-7-15(18)11-12-22-21/h3-10,13,21-22H,11-12H2,1-2H3. The molecular formula is C21H21NO. The van der Waals surface area contributed by atoms with Crippen LogP contribution >= 0.6 is 0 Å². The number of hydrogen-bond acceptors (Lipinski definition) is 2. The van der Waals surface area contributed by atoms with Gasteiger partial charge >= 0.3 is 0 Å². The third-order valence-electron chi connectivity index (χ3n) is 4.93. The van der Waals surface area contributed by atoms with Crippen molar-refractivity contribution in [3.8, 4) is 5.75 Å². The fourth-order valence-electron chi connectivity index (χ4n) is 3.80. The molecule has 2 heteroatoms. The fraction of sp³-hybridized carbons (Fsp3) is 0.238. The van der Waals surface area contributed by atoms with E-state index in [1.807, 2.05) is 0 Å². The molecule has 0 bridgehead atoms. The van der Waals surface area contributed by atoms with Crippen LogP contribution in [0.1, 0.15) is 28.3 Å². The summed E-state index contributed by atoms with van der Waals surface area (Å²) < 4.78 is 5.64. The number of methoxy groups -OCH3 is 1. The monoisotopic (exact) mass is 303 g/mol. The van der Waals surface area contributed by atoms with E-state index in [2.05, 4.69) is 66.8 Å². The van der Waals surface area contributed by atoms with Gasteiger partial charge in [0.05, 0.1) is 13.2 Å². The Morgan fingerprint density at radius 2 is 1.83 bits per heavy atom. The summed E-state index contributed by atoms with van der Waals surface area (Å²) in [6.07, 6.45) is 1.09. The van der Waals surface area contributed by atoms with E-state index >= 15 is 0 Å². The van der Waals surface area contributed by atoms with Crippen LogP contribution < -0.4 is 10.1 Å². The summed E-state index contributed by atoms with van der Waals surface area (Å²) in [5.41, 5.74) is 5.40. The van der Waals surface area contributed by atoms with E-state index in [1.165, 1.54) is 33.0 Å². The fourth-order valence-corrected chi connectivity index (χ4v) is 3.80. The lowest BCUT2D eigenvalue weighted by Crippen LogP contribution is -2.31. The third-order valence-corrected chi connectivity index (χ3v) is 4.93. The smallest absolute Gasteiger partial charge is 0.122 e. The van der Waals surface area contributed by atoms with Crippen LogP contribution in [0.2, 0.25) is 0 Å². The largest absolute Gasteiger partial charge is 0.496 e. The molecule has 3 aromatic rings. The van der Waals surface area contributed by atoms with Crippen molar-refractivity contribution in [2.24, 2.45) is 0 Å². The van der Waals surface area contributed by atoms with E-state index in [4.69, 9.17) is 4.74 Å². The summed E-state index contributed by atoms with van der Waals surface area (Å²) in [6, 6.07) is 19.7. The summed E-state index contributed by atoms with van der Waals surface area (Å²) in [5, 5.41) is 6.26. The van der Waals surface area contributed by atoms with E-state index in [0.29, 0.717) is 0 Å². The van der Waals surface area contributed by atoms with Crippen molar-refractivity contribution in [1.29, 1.82) is 0 Å². The van der Waals surface area contributed by atoms with Crippen molar-refractivity contribution in [3.05, 3.63) is 76.9 Å². The Morgan fingerprint density at radius 3 is 2.70 bits per heavy atom. The zero-order valence-corrected chi connectivity index (χ0v) is 13.6. The SMILES string of the molecule is COc1cc2ccccc2c(C2NCCc3ccccc32)c1C. The predicted octanol–water partition coefficient (Wildman–Crippen LogP) is 4.39. The second-order valence-electron chi connectivity index (χ2n) is 6.17. The van der Waals surface area contributed by atoms with Crippen LogP contribution in [0, 0.1) is 6.92 Å². The first-order chi connectivity index (χ1) is 11.3. The van der Waals surface area contributed by atoms with Crippen LogP contribution in [0.4, 0.5) is 0 Å². The first-order valence-electron chi connectivity index (χ1n) is 8.17. The molecule has 23 heavy (non-hydrogen) atoms. The van der Waals surface area contributed by atoms with E-state index in [-0.39, 0.29) is 6.04 Å². The van der Waals surface area contributed by atoms with Crippen LogP contribution in [0.5, 0.6) is 5.75 Å². The summed E-state index contributed by atoms with van der Waals surface area (Å²) in [7, 11) is 1.75. The number of nitrogens with one attached hydrogen (secondary N) is 1. The number of hydrogen-bond donors (Lipinski definition) is 1. The Kier molecular flexibility index (Phi) is 3.55. The molecule has 1 aliphatic rings. The average molecular weight is 303 g/mol. The molecule has 116 valence electrons. The van der Waals surface area contributed by atoms with E-state index in [1.54, 1.807) is 7.11 Å². The second-order valence-corrected chi connectivity index (χ2v) is 6.17. The molecule has 0 spiro atoms. The van der Waals surface area contributed by atoms with Gasteiger partial charge in [-0.25, -0.2) is 0 Å². The minimum Gasteiger partial charge on any atom is -0.496 e. The molecule has 3 aromatic carbocycles. The lowest BCUT2D eigenvalue weighted by atomic mass is 9.85. The summed E-state index contributed by atoms with van der Waals surface area (Å²) >= 11 is 0. The van der Waals surface area contributed by atoms with Gasteiger partial charge in [-0.3, -0.25) is 0 Å². The molecule has 0 radical (unpaired) electrons. The molecular weight excluding hydrogens is 282 g/mol. The van der Waals surface area contributed by atoms with Gasteiger partial charge in [0.2, 0.25) is 0 Å². The Balaban J connectivity index is 2.01. The molecule has 0 amide bonds. The maximum absolute atomic E-state index is 5.64. The van der Waals surface area contributed by atoms with Crippen molar-refractivity contribution in [2.45, 2.75) is 19.4 Å². The normalized spacial score (nSPS) is 17.0. The van der Waals surface area contributed by atoms with Crippen LogP contribution in [0.15, 0.2) is 54.6 Å². The van der Waals surface area contributed by atoms with Crippen molar-refractivity contribution < 1.29 is 4.74 Å². The highest BCUT2D eigenvalue weighted by atomic mass is 16.5. The summed E-state index contributed by atoms with van der Waals surface area (Å²) in [6.45, 7) is 3.17. The van der Waals surface area contributed by atoms with Crippen LogP contribution in [-0.2, 0) is 6.42 Å². The summed E-state index contributed by atoms with van der Waals surface area (Å²) in [4.78, 5) is 0. The maximum Gasteiger partial charge on any atom is 0.122 e. The highest BCUT2D eigenvalue weighted by molar-refractivity contribution is 5.89. The summed E-state index contributed by atoms with van der Waals surface area (Å²) in [5.74, 6) is 0.962. The minimum atomic E-state index is 0.222. The zero-order chi connectivity index (χ0) is 15.8. The lowest BCUT2D eigenvalue weighted by molar-refractivity contribution is 0.410. The van der Waals surface area contributed by atoms with Crippen LogP contribution in [0.25, 0.3) is 10.8 Å². The molecule has 4 rings (SSSR count). The molecule has 1 unspecified atom stereocenters. The van der Waals surface area contributed by atoms with Crippen molar-refractivity contribution in [3.63, 3.8) is 0 Å². The van der Waals surface area contributed by atoms with Gasteiger partial charge in [0.25, 0.3) is 0 Å². The molecule has 0 aromatic heterocycles. The number of rotatable bonds is 2. The molecule has 1 heterocycles. The quantitative estimate of drug-likeness (QED) is 0.758. The molecule has 0 saturated carbocycles. The van der Waals surface area contributed by atoms with Gasteiger partial charge in [-0.15, -0.1) is 0 Å². The minimum absolute atomic E-state index is 0.222. The molecule has 0 aliphatic carbocycles. The third kappa shape index (κ3) is 2.30. The van der Waals surface area contributed by atoms with Gasteiger partial charge in [0.1, 0.15) is 5.75 Å². The molecule has 1 atom stereocenters. The highest BCUT2D eigenvalue weighted by Crippen LogP contribution is 2.38. The van der Waals surface area contributed by atoms with Gasteiger partial charge in [-0.2, -0.15) is 0 Å². The lowest BCUT2D eigenvalue weighted by Gasteiger charge is -2.30. The van der Waals surface area contributed by atoms with E-state index in [9.17, 15) is 0 Å². The Hall–Kier alpha value is -2.32. The molecule has 0 saturated heterocycles. The number of fused-ring (bicyclic) bond motifs is 2. The molecule has 1 aliphatic heterocycles. The maximum atomic E-state index is 5.64. The first-order valence-corrected chi connectivity index (χ1v) is 8.17. The van der Waals surface area contributed by atoms with Gasteiger partial charge in [-0.1, -0.05) is 48.5 Å². The number of benzene rings is 3. The second kappa shape index (κ2) is 5.71. The van der Waals surface area contributed by atoms with Crippen LogP contribution in [-0.4, -0.2) is 13.7 Å². The average Bonchev–Trinajstić information content (AvgIpc) is 2.61. The Labute approximate surface area is 137 Å². The van der Waals surface area contributed by atoms with Gasteiger partial charge < -0.3 is 10.1 Å². The molecule has 0 fully saturated rings. The highest BCUT2D eigenvalue weighted by Gasteiger charge is 2.25. The number of ether oxygens (including phenoxy) is 1. The zero-order valence-electron chi connectivity index (χ0n) is 13.6. The van der Waals surface area contributed by atoms with Crippen molar-refractivity contribution in [1.82, 2.24) is 5.32 Å². The van der Waals surface area contributed by atoms with Crippen molar-refractivity contribution >= 4 is 10.8 Å². The van der Waals surface area contributed by atoms with Gasteiger partial charge in [-0.05, 0) is 52.4 Å². The van der Waals surface area contributed by atoms with Crippen molar-refractivity contribution in [2.75, 3.05) is 13.7 Å². The van der Waals surface area contributed by atoms with Gasteiger partial charge in [0, 0.05) is 6.54 Å². The Morgan fingerprint density at radius 1 is 1.04 bits per heavy atom. The van der Waals surface area contributed by atoms with Gasteiger partial charge in [0.15, 0.2) is 0 Å².